The molecule has 0 spiro atoms. The number of benzene rings is 1. The highest BCUT2D eigenvalue weighted by atomic mass is 35.5. The van der Waals surface area contributed by atoms with Gasteiger partial charge in [-0.15, -0.1) is 10.2 Å². The van der Waals surface area contributed by atoms with Gasteiger partial charge in [-0.3, -0.25) is 0 Å². The van der Waals surface area contributed by atoms with E-state index < -0.39 is 5.82 Å². The largest absolute Gasteiger partial charge is 0.388 e. The molecule has 0 saturated heterocycles. The molecule has 0 radical (unpaired) electrons. The number of hydrogen-bond donors (Lipinski definition) is 1. The predicted molar refractivity (Wildman–Crippen MR) is 81.9 cm³/mol. The maximum Gasteiger partial charge on any atom is 0.191 e. The van der Waals surface area contributed by atoms with Crippen molar-refractivity contribution >= 4 is 23.4 Å². The van der Waals surface area contributed by atoms with Crippen LogP contribution >= 0.6 is 23.4 Å². The highest BCUT2D eigenvalue weighted by Crippen LogP contribution is 2.35. The number of thioether (sulfide) groups is 1. The normalized spacial score (nSPS) is 12.6. The van der Waals surface area contributed by atoms with Crippen molar-refractivity contribution in [3.63, 3.8) is 0 Å². The van der Waals surface area contributed by atoms with E-state index in [1.807, 2.05) is 11.5 Å². The zero-order valence-corrected chi connectivity index (χ0v) is 13.5. The Labute approximate surface area is 132 Å². The number of aliphatic hydroxyl groups is 1. The summed E-state index contributed by atoms with van der Waals surface area (Å²) in [5.41, 5.74) is 0.919. The topological polar surface area (TPSA) is 50.9 Å². The average Bonchev–Trinajstić information content (AvgIpc) is 2.84. The minimum Gasteiger partial charge on any atom is -0.388 e. The number of aromatic nitrogens is 3. The quantitative estimate of drug-likeness (QED) is 0.818. The number of aliphatic hydroxyl groups excluding tert-OH is 1. The summed E-state index contributed by atoms with van der Waals surface area (Å²) in [4.78, 5) is 0. The van der Waals surface area contributed by atoms with Gasteiger partial charge in [-0.25, -0.2) is 4.39 Å². The molecule has 1 unspecified atom stereocenters. The molecule has 1 N–H and O–H groups in total. The van der Waals surface area contributed by atoms with Crippen molar-refractivity contribution < 1.29 is 9.50 Å². The lowest BCUT2D eigenvalue weighted by Gasteiger charge is -2.13. The van der Waals surface area contributed by atoms with E-state index in [4.69, 9.17) is 11.6 Å². The molecule has 0 bridgehead atoms. The zero-order chi connectivity index (χ0) is 15.4. The summed E-state index contributed by atoms with van der Waals surface area (Å²) in [7, 11) is 0. The van der Waals surface area contributed by atoms with Crippen LogP contribution in [0.5, 0.6) is 0 Å². The average molecular weight is 330 g/mol. The fourth-order valence-corrected chi connectivity index (χ4v) is 3.16. The van der Waals surface area contributed by atoms with Gasteiger partial charge in [0.05, 0.1) is 5.02 Å². The van der Waals surface area contributed by atoms with Crippen LogP contribution in [0.25, 0.3) is 0 Å². The third kappa shape index (κ3) is 3.75. The first kappa shape index (κ1) is 16.3. The molecule has 1 aromatic carbocycles. The van der Waals surface area contributed by atoms with Crippen LogP contribution in [0, 0.1) is 5.82 Å². The summed E-state index contributed by atoms with van der Waals surface area (Å²) in [6, 6.07) is 4.71. The number of rotatable bonds is 6. The molecule has 1 aromatic heterocycles. The lowest BCUT2D eigenvalue weighted by Crippen LogP contribution is -2.05. The third-order valence-corrected chi connectivity index (χ3v) is 4.51. The van der Waals surface area contributed by atoms with Gasteiger partial charge in [0.2, 0.25) is 0 Å². The van der Waals surface area contributed by atoms with Crippen molar-refractivity contribution in [3.05, 3.63) is 40.4 Å². The van der Waals surface area contributed by atoms with Crippen molar-refractivity contribution in [2.24, 2.45) is 0 Å². The maximum absolute atomic E-state index is 13.2. The Balaban J connectivity index is 2.20. The van der Waals surface area contributed by atoms with E-state index in [2.05, 4.69) is 17.1 Å². The van der Waals surface area contributed by atoms with Gasteiger partial charge in [-0.2, -0.15) is 0 Å². The minimum absolute atomic E-state index is 0.0504. The van der Waals surface area contributed by atoms with Crippen LogP contribution in [0.15, 0.2) is 23.4 Å². The van der Waals surface area contributed by atoms with Crippen LogP contribution in [0.1, 0.15) is 36.9 Å². The van der Waals surface area contributed by atoms with Crippen LogP contribution in [0.4, 0.5) is 4.39 Å². The first-order chi connectivity index (χ1) is 10.1. The Hall–Kier alpha value is -1.11. The minimum atomic E-state index is -0.422. The molecule has 0 fully saturated rings. The summed E-state index contributed by atoms with van der Waals surface area (Å²) < 4.78 is 15.1. The highest BCUT2D eigenvalue weighted by molar-refractivity contribution is 7.99. The van der Waals surface area contributed by atoms with Crippen LogP contribution < -0.4 is 0 Å². The molecule has 0 aliphatic heterocycles. The Morgan fingerprint density at radius 1 is 1.43 bits per heavy atom. The molecule has 1 heterocycles. The Morgan fingerprint density at radius 3 is 2.81 bits per heavy atom. The maximum atomic E-state index is 13.2. The second kappa shape index (κ2) is 7.24. The second-order valence-corrected chi connectivity index (χ2v) is 6.36. The van der Waals surface area contributed by atoms with Gasteiger partial charge in [0.15, 0.2) is 11.0 Å². The fraction of sp³-hybridized carbons (Fsp3) is 0.429. The Kier molecular flexibility index (Phi) is 5.61. The summed E-state index contributed by atoms with van der Waals surface area (Å²) in [6.07, 6.45) is 0.926. The number of hydrogen-bond acceptors (Lipinski definition) is 4. The van der Waals surface area contributed by atoms with Gasteiger partial charge in [0.25, 0.3) is 0 Å². The van der Waals surface area contributed by atoms with E-state index in [0.29, 0.717) is 5.82 Å². The lowest BCUT2D eigenvalue weighted by atomic mass is 10.2. The summed E-state index contributed by atoms with van der Waals surface area (Å²) in [5, 5.41) is 18.3. The molecule has 21 heavy (non-hydrogen) atoms. The number of nitrogens with zero attached hydrogens (tertiary/aromatic N) is 3. The molecule has 0 saturated carbocycles. The molecular formula is C14H17ClFN3OS. The third-order valence-electron chi connectivity index (χ3n) is 3.08. The van der Waals surface area contributed by atoms with Crippen molar-refractivity contribution in [2.45, 2.75) is 43.8 Å². The molecule has 0 aliphatic rings. The summed E-state index contributed by atoms with van der Waals surface area (Å²) in [6.45, 7) is 4.67. The van der Waals surface area contributed by atoms with Crippen molar-refractivity contribution in [3.8, 4) is 0 Å². The molecule has 114 valence electrons. The van der Waals surface area contributed by atoms with Crippen LogP contribution in [0.3, 0.4) is 0 Å². The van der Waals surface area contributed by atoms with Crippen LogP contribution in [-0.4, -0.2) is 19.9 Å². The van der Waals surface area contributed by atoms with E-state index in [-0.39, 0.29) is 16.9 Å². The predicted octanol–water partition coefficient (Wildman–Crippen LogP) is 3.83. The van der Waals surface area contributed by atoms with Gasteiger partial charge in [-0.1, -0.05) is 36.4 Å². The van der Waals surface area contributed by atoms with Gasteiger partial charge >= 0.3 is 0 Å². The smallest absolute Gasteiger partial charge is 0.191 e. The molecule has 2 aromatic rings. The van der Waals surface area contributed by atoms with Gasteiger partial charge < -0.3 is 9.67 Å². The molecular weight excluding hydrogens is 313 g/mol. The van der Waals surface area contributed by atoms with E-state index in [9.17, 15) is 9.50 Å². The molecule has 7 heteroatoms. The molecule has 0 amide bonds. The van der Waals surface area contributed by atoms with Crippen molar-refractivity contribution in [1.82, 2.24) is 14.8 Å². The summed E-state index contributed by atoms with van der Waals surface area (Å²) in [5.74, 6) is 0.137. The van der Waals surface area contributed by atoms with E-state index in [1.165, 1.54) is 17.8 Å². The Morgan fingerprint density at radius 2 is 2.19 bits per heavy atom. The SMILES string of the molecule is CCCn1c(CO)nnc1SC(C)c1ccc(F)c(Cl)c1. The second-order valence-electron chi connectivity index (χ2n) is 4.64. The van der Waals surface area contributed by atoms with Crippen LogP contribution in [0.2, 0.25) is 5.02 Å². The molecule has 2 rings (SSSR count). The van der Waals surface area contributed by atoms with Crippen molar-refractivity contribution in [2.75, 3.05) is 0 Å². The van der Waals surface area contributed by atoms with Crippen molar-refractivity contribution in [1.29, 1.82) is 0 Å². The highest BCUT2D eigenvalue weighted by Gasteiger charge is 2.16. The monoisotopic (exact) mass is 329 g/mol. The number of halogens is 2. The van der Waals surface area contributed by atoms with E-state index in [0.717, 1.165) is 23.7 Å². The Bertz CT molecular complexity index is 620. The standard InChI is InChI=1S/C14H17ClFN3OS/c1-3-6-19-13(8-20)17-18-14(19)21-9(2)10-4-5-12(16)11(15)7-10/h4-5,7,9,20H,3,6,8H2,1-2H3. The van der Waals surface area contributed by atoms with E-state index >= 15 is 0 Å². The van der Waals surface area contributed by atoms with Gasteiger partial charge in [-0.05, 0) is 31.0 Å². The lowest BCUT2D eigenvalue weighted by molar-refractivity contribution is 0.263. The fourth-order valence-electron chi connectivity index (χ4n) is 1.96. The first-order valence-corrected chi connectivity index (χ1v) is 7.97. The van der Waals surface area contributed by atoms with Gasteiger partial charge in [0, 0.05) is 11.8 Å². The molecule has 1 atom stereocenters. The first-order valence-electron chi connectivity index (χ1n) is 6.71. The summed E-state index contributed by atoms with van der Waals surface area (Å²) >= 11 is 7.33. The van der Waals surface area contributed by atoms with Crippen LogP contribution in [-0.2, 0) is 13.2 Å². The van der Waals surface area contributed by atoms with Gasteiger partial charge in [0.1, 0.15) is 12.4 Å². The molecule has 0 aliphatic carbocycles. The van der Waals surface area contributed by atoms with E-state index in [1.54, 1.807) is 12.1 Å². The molecule has 4 nitrogen and oxygen atoms in total. The zero-order valence-electron chi connectivity index (χ0n) is 11.9.